The molecule has 0 aromatic carbocycles. The third-order valence-electron chi connectivity index (χ3n) is 3.01. The molecule has 0 atom stereocenters. The van der Waals surface area contributed by atoms with Crippen LogP contribution < -0.4 is 0 Å². The maximum Gasteiger partial charge on any atom is 0.325 e. The predicted molar refractivity (Wildman–Crippen MR) is 72.4 cm³/mol. The normalized spacial score (nSPS) is 11.2. The van der Waals surface area contributed by atoms with Gasteiger partial charge in [0.25, 0.3) is 0 Å². The molecule has 0 spiro atoms. The number of nitrogens with zero attached hydrogens (tertiary/aromatic N) is 4. The topological polar surface area (TPSA) is 61.9 Å². The first-order valence-electron chi connectivity index (χ1n) is 6.17. The Morgan fingerprint density at radius 3 is 2.79 bits per heavy atom. The largest absolute Gasteiger partial charge is 0.468 e. The molecule has 104 valence electrons. The maximum atomic E-state index is 11.6. The lowest BCUT2D eigenvalue weighted by Gasteiger charge is -2.08. The van der Waals surface area contributed by atoms with Crippen LogP contribution >= 0.6 is 11.6 Å². The van der Waals surface area contributed by atoms with Crippen molar-refractivity contribution in [2.24, 2.45) is 0 Å². The number of imidazole rings is 1. The lowest BCUT2D eigenvalue weighted by molar-refractivity contribution is -0.141. The molecular weight excluding hydrogens is 268 g/mol. The number of esters is 1. The number of carbonyl (C=O) groups excluding carboxylic acids is 1. The van der Waals surface area contributed by atoms with Crippen molar-refractivity contribution in [3.8, 4) is 0 Å². The molecule has 2 aromatic heterocycles. The molecule has 0 amide bonds. The number of hydrogen-bond acceptors (Lipinski definition) is 4. The van der Waals surface area contributed by atoms with Gasteiger partial charge in [0.05, 0.1) is 12.8 Å². The van der Waals surface area contributed by atoms with Crippen molar-refractivity contribution in [3.63, 3.8) is 0 Å². The summed E-state index contributed by atoms with van der Waals surface area (Å²) < 4.78 is 8.42. The third-order valence-corrected chi connectivity index (χ3v) is 3.20. The van der Waals surface area contributed by atoms with Gasteiger partial charge in [-0.25, -0.2) is 9.67 Å². The number of halogens is 1. The van der Waals surface area contributed by atoms with Gasteiger partial charge in [0, 0.05) is 18.8 Å². The summed E-state index contributed by atoms with van der Waals surface area (Å²) in [5, 5.41) is 4.41. The number of rotatable bonds is 5. The molecule has 0 saturated carbocycles. The fourth-order valence-electron chi connectivity index (χ4n) is 2.13. The van der Waals surface area contributed by atoms with E-state index in [1.165, 1.54) is 7.11 Å². The van der Waals surface area contributed by atoms with Crippen molar-refractivity contribution in [1.82, 2.24) is 19.3 Å². The quantitative estimate of drug-likeness (QED) is 0.617. The van der Waals surface area contributed by atoms with Gasteiger partial charge < -0.3 is 9.30 Å². The highest BCUT2D eigenvalue weighted by atomic mass is 35.5. The van der Waals surface area contributed by atoms with Crippen molar-refractivity contribution < 1.29 is 9.53 Å². The SMILES string of the molecule is CCn1nc(C)c2nc(CCCl)n(CC(=O)OC)c21. The van der Waals surface area contributed by atoms with Gasteiger partial charge in [-0.3, -0.25) is 4.79 Å². The van der Waals surface area contributed by atoms with Crippen LogP contribution in [0.1, 0.15) is 18.4 Å². The number of alkyl halides is 1. The smallest absolute Gasteiger partial charge is 0.325 e. The van der Waals surface area contributed by atoms with Gasteiger partial charge in [-0.05, 0) is 13.8 Å². The molecule has 0 aliphatic carbocycles. The van der Waals surface area contributed by atoms with Gasteiger partial charge in [-0.2, -0.15) is 5.10 Å². The van der Waals surface area contributed by atoms with E-state index in [1.807, 2.05) is 23.1 Å². The molecule has 7 heteroatoms. The van der Waals surface area contributed by atoms with Crippen LogP contribution in [0.5, 0.6) is 0 Å². The molecule has 0 aliphatic rings. The average Bonchev–Trinajstić information content (AvgIpc) is 2.89. The molecule has 0 fully saturated rings. The molecule has 0 bridgehead atoms. The van der Waals surface area contributed by atoms with E-state index < -0.39 is 0 Å². The minimum atomic E-state index is -0.309. The molecule has 2 aromatic rings. The molecular formula is C12H17ClN4O2. The molecule has 0 aliphatic heterocycles. The summed E-state index contributed by atoms with van der Waals surface area (Å²) in [6.45, 7) is 4.76. The summed E-state index contributed by atoms with van der Waals surface area (Å²) in [4.78, 5) is 16.1. The summed E-state index contributed by atoms with van der Waals surface area (Å²) in [6.07, 6.45) is 0.608. The van der Waals surface area contributed by atoms with Crippen molar-refractivity contribution in [1.29, 1.82) is 0 Å². The van der Waals surface area contributed by atoms with E-state index in [-0.39, 0.29) is 12.5 Å². The van der Waals surface area contributed by atoms with Gasteiger partial charge >= 0.3 is 5.97 Å². The number of carbonyl (C=O) groups is 1. The fourth-order valence-corrected chi connectivity index (χ4v) is 2.29. The van der Waals surface area contributed by atoms with E-state index in [2.05, 4.69) is 10.1 Å². The van der Waals surface area contributed by atoms with Crippen LogP contribution in [-0.4, -0.2) is 38.3 Å². The Bertz CT molecular complexity index is 602. The van der Waals surface area contributed by atoms with E-state index in [0.717, 1.165) is 29.2 Å². The van der Waals surface area contributed by atoms with Crippen LogP contribution in [-0.2, 0) is 29.0 Å². The zero-order valence-corrected chi connectivity index (χ0v) is 12.1. The number of fused-ring (bicyclic) bond motifs is 1. The van der Waals surface area contributed by atoms with Crippen molar-refractivity contribution in [3.05, 3.63) is 11.5 Å². The first kappa shape index (κ1) is 13.9. The predicted octanol–water partition coefficient (Wildman–Crippen LogP) is 1.52. The second-order valence-corrected chi connectivity index (χ2v) is 4.58. The number of methoxy groups -OCH3 is 1. The molecule has 0 unspecified atom stereocenters. The van der Waals surface area contributed by atoms with Crippen LogP contribution in [0.25, 0.3) is 11.2 Å². The highest BCUT2D eigenvalue weighted by Gasteiger charge is 2.19. The standard InChI is InChI=1S/C12H17ClN4O2/c1-4-17-12-11(8(2)15-17)14-9(5-6-13)16(12)7-10(18)19-3/h4-7H2,1-3H3. The Hall–Kier alpha value is -1.56. The Morgan fingerprint density at radius 1 is 1.47 bits per heavy atom. The molecule has 0 N–H and O–H groups in total. The highest BCUT2D eigenvalue weighted by molar-refractivity contribution is 6.17. The van der Waals surface area contributed by atoms with Crippen LogP contribution in [0.4, 0.5) is 0 Å². The minimum absolute atomic E-state index is 0.129. The first-order chi connectivity index (χ1) is 9.12. The second kappa shape index (κ2) is 5.61. The Morgan fingerprint density at radius 2 is 2.21 bits per heavy atom. The van der Waals surface area contributed by atoms with Crippen LogP contribution in [0.15, 0.2) is 0 Å². The second-order valence-electron chi connectivity index (χ2n) is 4.20. The Labute approximate surface area is 116 Å². The average molecular weight is 285 g/mol. The van der Waals surface area contributed by atoms with Crippen LogP contribution in [0.3, 0.4) is 0 Å². The summed E-state index contributed by atoms with van der Waals surface area (Å²) in [5.41, 5.74) is 2.53. The van der Waals surface area contributed by atoms with E-state index in [1.54, 1.807) is 0 Å². The summed E-state index contributed by atoms with van der Waals surface area (Å²) in [6, 6.07) is 0. The molecule has 2 heterocycles. The monoisotopic (exact) mass is 284 g/mol. The van der Waals surface area contributed by atoms with Gasteiger partial charge in [0.15, 0.2) is 5.65 Å². The summed E-state index contributed by atoms with van der Waals surface area (Å²) >= 11 is 5.79. The lowest BCUT2D eigenvalue weighted by atomic mass is 10.4. The van der Waals surface area contributed by atoms with Crippen molar-refractivity contribution in [2.45, 2.75) is 33.4 Å². The van der Waals surface area contributed by atoms with Gasteiger partial charge in [0.2, 0.25) is 0 Å². The summed E-state index contributed by atoms with van der Waals surface area (Å²) in [7, 11) is 1.38. The first-order valence-corrected chi connectivity index (χ1v) is 6.71. The lowest BCUT2D eigenvalue weighted by Crippen LogP contribution is -2.16. The third kappa shape index (κ3) is 2.45. The Kier molecular flexibility index (Phi) is 4.09. The van der Waals surface area contributed by atoms with E-state index >= 15 is 0 Å². The van der Waals surface area contributed by atoms with Gasteiger partial charge in [-0.15, -0.1) is 11.6 Å². The molecule has 0 radical (unpaired) electrons. The molecule has 2 rings (SSSR count). The fraction of sp³-hybridized carbons (Fsp3) is 0.583. The minimum Gasteiger partial charge on any atom is -0.468 e. The highest BCUT2D eigenvalue weighted by Crippen LogP contribution is 2.20. The van der Waals surface area contributed by atoms with Crippen LogP contribution in [0, 0.1) is 6.92 Å². The van der Waals surface area contributed by atoms with E-state index in [0.29, 0.717) is 12.3 Å². The Balaban J connectivity index is 2.59. The van der Waals surface area contributed by atoms with Crippen molar-refractivity contribution in [2.75, 3.05) is 13.0 Å². The van der Waals surface area contributed by atoms with Crippen LogP contribution in [0.2, 0.25) is 0 Å². The van der Waals surface area contributed by atoms with Gasteiger partial charge in [0.1, 0.15) is 17.9 Å². The zero-order valence-electron chi connectivity index (χ0n) is 11.3. The number of aryl methyl sites for hydroxylation is 3. The number of aromatic nitrogens is 4. The zero-order chi connectivity index (χ0) is 14.0. The molecule has 19 heavy (non-hydrogen) atoms. The van der Waals surface area contributed by atoms with E-state index in [9.17, 15) is 4.79 Å². The number of hydrogen-bond donors (Lipinski definition) is 0. The number of ether oxygens (including phenoxy) is 1. The maximum absolute atomic E-state index is 11.6. The summed E-state index contributed by atoms with van der Waals surface area (Å²) in [5.74, 6) is 0.939. The van der Waals surface area contributed by atoms with Crippen molar-refractivity contribution >= 4 is 28.7 Å². The molecule has 0 saturated heterocycles. The molecule has 6 nitrogen and oxygen atoms in total. The van der Waals surface area contributed by atoms with E-state index in [4.69, 9.17) is 16.3 Å². The van der Waals surface area contributed by atoms with Gasteiger partial charge in [-0.1, -0.05) is 0 Å².